The second-order valence-electron chi connectivity index (χ2n) is 3.04. The smallest absolute Gasteiger partial charge is 0.336 e. The third-order valence-corrected chi connectivity index (χ3v) is 2.13. The summed E-state index contributed by atoms with van der Waals surface area (Å²) in [5.74, 6) is 0.220. The maximum atomic E-state index is 11.0. The van der Waals surface area contributed by atoms with E-state index in [-0.39, 0.29) is 11.4 Å². The minimum absolute atomic E-state index is 0.0892. The van der Waals surface area contributed by atoms with Crippen LogP contribution in [0.15, 0.2) is 36.7 Å². The molecule has 0 fully saturated rings. The SMILES string of the molecule is COc1cccc(-n2cccn2)c1[N+](=O)[O-]. The molecule has 2 rings (SSSR count). The van der Waals surface area contributed by atoms with E-state index in [1.165, 1.54) is 11.8 Å². The molecule has 0 bridgehead atoms. The first-order valence-electron chi connectivity index (χ1n) is 4.55. The van der Waals surface area contributed by atoms with E-state index in [9.17, 15) is 10.1 Å². The molecule has 6 heteroatoms. The van der Waals surface area contributed by atoms with E-state index >= 15 is 0 Å². The van der Waals surface area contributed by atoms with E-state index in [0.29, 0.717) is 5.69 Å². The zero-order valence-electron chi connectivity index (χ0n) is 8.53. The van der Waals surface area contributed by atoms with Crippen molar-refractivity contribution in [2.75, 3.05) is 7.11 Å². The monoisotopic (exact) mass is 219 g/mol. The van der Waals surface area contributed by atoms with Crippen molar-refractivity contribution >= 4 is 5.69 Å². The topological polar surface area (TPSA) is 70.2 Å². The number of nitro groups is 1. The quantitative estimate of drug-likeness (QED) is 0.582. The number of nitrogens with zero attached hydrogens (tertiary/aromatic N) is 3. The van der Waals surface area contributed by atoms with Crippen molar-refractivity contribution in [2.45, 2.75) is 0 Å². The molecule has 82 valence electrons. The Hall–Kier alpha value is -2.37. The van der Waals surface area contributed by atoms with Crippen LogP contribution in [0.25, 0.3) is 5.69 Å². The summed E-state index contributed by atoms with van der Waals surface area (Å²) in [6, 6.07) is 6.55. The van der Waals surface area contributed by atoms with Crippen molar-refractivity contribution < 1.29 is 9.66 Å². The molecule has 0 radical (unpaired) electrons. The number of nitro benzene ring substituents is 1. The standard InChI is InChI=1S/C10H9N3O3/c1-16-9-5-2-4-8(10(9)13(14)15)12-7-3-6-11-12/h2-7H,1H3. The molecule has 0 saturated carbocycles. The highest BCUT2D eigenvalue weighted by Gasteiger charge is 2.21. The van der Waals surface area contributed by atoms with Gasteiger partial charge in [-0.15, -0.1) is 0 Å². The van der Waals surface area contributed by atoms with Crippen LogP contribution in [0.1, 0.15) is 0 Å². The van der Waals surface area contributed by atoms with Gasteiger partial charge in [0.05, 0.1) is 12.0 Å². The van der Waals surface area contributed by atoms with Gasteiger partial charge in [0.25, 0.3) is 0 Å². The van der Waals surface area contributed by atoms with Crippen LogP contribution in [-0.2, 0) is 0 Å². The lowest BCUT2D eigenvalue weighted by Crippen LogP contribution is -2.02. The Bertz CT molecular complexity index is 508. The fourth-order valence-electron chi connectivity index (χ4n) is 1.46. The van der Waals surface area contributed by atoms with Crippen LogP contribution in [-0.4, -0.2) is 21.8 Å². The molecule has 1 aromatic heterocycles. The summed E-state index contributed by atoms with van der Waals surface area (Å²) >= 11 is 0. The van der Waals surface area contributed by atoms with E-state index in [0.717, 1.165) is 0 Å². The van der Waals surface area contributed by atoms with Gasteiger partial charge in [-0.1, -0.05) is 6.07 Å². The highest BCUT2D eigenvalue weighted by Crippen LogP contribution is 2.32. The molecule has 1 aromatic carbocycles. The number of hydrogen-bond acceptors (Lipinski definition) is 4. The van der Waals surface area contributed by atoms with Gasteiger partial charge in [-0.3, -0.25) is 10.1 Å². The summed E-state index contributed by atoms with van der Waals surface area (Å²) in [5.41, 5.74) is 0.294. The number of aromatic nitrogens is 2. The minimum atomic E-state index is -0.476. The zero-order chi connectivity index (χ0) is 11.5. The van der Waals surface area contributed by atoms with Gasteiger partial charge in [0.2, 0.25) is 0 Å². The van der Waals surface area contributed by atoms with Crippen molar-refractivity contribution in [1.29, 1.82) is 0 Å². The molecular formula is C10H9N3O3. The highest BCUT2D eigenvalue weighted by atomic mass is 16.6. The van der Waals surface area contributed by atoms with Crippen molar-refractivity contribution in [3.8, 4) is 11.4 Å². The summed E-state index contributed by atoms with van der Waals surface area (Å²) in [4.78, 5) is 10.5. The lowest BCUT2D eigenvalue weighted by Gasteiger charge is -2.06. The fourth-order valence-corrected chi connectivity index (χ4v) is 1.46. The molecule has 6 nitrogen and oxygen atoms in total. The fraction of sp³-hybridized carbons (Fsp3) is 0.100. The predicted octanol–water partition coefficient (Wildman–Crippen LogP) is 1.79. The van der Waals surface area contributed by atoms with Crippen LogP contribution in [0, 0.1) is 10.1 Å². The van der Waals surface area contributed by atoms with Gasteiger partial charge in [0, 0.05) is 12.4 Å². The Labute approximate surface area is 91.2 Å². The largest absolute Gasteiger partial charge is 0.490 e. The zero-order valence-corrected chi connectivity index (χ0v) is 8.53. The Morgan fingerprint density at radius 2 is 2.25 bits per heavy atom. The molecule has 0 unspecified atom stereocenters. The summed E-state index contributed by atoms with van der Waals surface area (Å²) < 4.78 is 6.39. The summed E-state index contributed by atoms with van der Waals surface area (Å²) in [6.07, 6.45) is 3.20. The number of ether oxygens (including phenoxy) is 1. The van der Waals surface area contributed by atoms with Crippen LogP contribution in [0.3, 0.4) is 0 Å². The lowest BCUT2D eigenvalue weighted by molar-refractivity contribution is -0.385. The molecular weight excluding hydrogens is 210 g/mol. The first-order chi connectivity index (χ1) is 7.74. The third-order valence-electron chi connectivity index (χ3n) is 2.13. The molecule has 0 amide bonds. The molecule has 0 saturated heterocycles. The second-order valence-corrected chi connectivity index (χ2v) is 3.04. The van der Waals surface area contributed by atoms with Crippen molar-refractivity contribution in [2.24, 2.45) is 0 Å². The van der Waals surface area contributed by atoms with Gasteiger partial charge >= 0.3 is 5.69 Å². The van der Waals surface area contributed by atoms with Gasteiger partial charge in [-0.25, -0.2) is 4.68 Å². The average Bonchev–Trinajstić information content (AvgIpc) is 2.81. The van der Waals surface area contributed by atoms with Crippen molar-refractivity contribution in [3.05, 3.63) is 46.8 Å². The maximum absolute atomic E-state index is 11.0. The predicted molar refractivity (Wildman–Crippen MR) is 56.8 cm³/mol. The number of rotatable bonds is 3. The molecule has 0 atom stereocenters. The lowest BCUT2D eigenvalue weighted by atomic mass is 10.2. The number of methoxy groups -OCH3 is 1. The molecule has 0 aliphatic heterocycles. The third kappa shape index (κ3) is 1.60. The van der Waals surface area contributed by atoms with Gasteiger partial charge < -0.3 is 4.74 Å². The van der Waals surface area contributed by atoms with Crippen LogP contribution in [0.2, 0.25) is 0 Å². The van der Waals surface area contributed by atoms with Crippen LogP contribution in [0.5, 0.6) is 5.75 Å². The Balaban J connectivity index is 2.65. The number of para-hydroxylation sites is 1. The molecule has 0 aliphatic carbocycles. The average molecular weight is 219 g/mol. The van der Waals surface area contributed by atoms with E-state index in [1.807, 2.05) is 0 Å². The molecule has 0 spiro atoms. The Kier molecular flexibility index (Phi) is 2.55. The Morgan fingerprint density at radius 3 is 2.81 bits per heavy atom. The first kappa shape index (κ1) is 10.2. The summed E-state index contributed by atoms with van der Waals surface area (Å²) in [6.45, 7) is 0. The van der Waals surface area contributed by atoms with Gasteiger partial charge in [-0.05, 0) is 18.2 Å². The van der Waals surface area contributed by atoms with Gasteiger partial charge in [0.1, 0.15) is 5.69 Å². The second kappa shape index (κ2) is 4.01. The normalized spacial score (nSPS) is 10.1. The first-order valence-corrected chi connectivity index (χ1v) is 4.55. The number of hydrogen-bond donors (Lipinski definition) is 0. The van der Waals surface area contributed by atoms with Crippen molar-refractivity contribution in [3.63, 3.8) is 0 Å². The van der Waals surface area contributed by atoms with Crippen LogP contribution < -0.4 is 4.74 Å². The van der Waals surface area contributed by atoms with Gasteiger partial charge in [0.15, 0.2) is 5.75 Å². The maximum Gasteiger partial charge on any atom is 0.336 e. The highest BCUT2D eigenvalue weighted by molar-refractivity contribution is 5.60. The van der Waals surface area contributed by atoms with E-state index in [4.69, 9.17) is 4.74 Å². The molecule has 0 aliphatic rings. The van der Waals surface area contributed by atoms with Crippen LogP contribution in [0.4, 0.5) is 5.69 Å². The van der Waals surface area contributed by atoms with Crippen molar-refractivity contribution in [1.82, 2.24) is 9.78 Å². The molecule has 1 heterocycles. The summed E-state index contributed by atoms with van der Waals surface area (Å²) in [5, 5.41) is 14.9. The van der Waals surface area contributed by atoms with E-state index < -0.39 is 4.92 Å². The van der Waals surface area contributed by atoms with Crippen LogP contribution >= 0.6 is 0 Å². The van der Waals surface area contributed by atoms with Gasteiger partial charge in [-0.2, -0.15) is 5.10 Å². The minimum Gasteiger partial charge on any atom is -0.490 e. The Morgan fingerprint density at radius 1 is 1.44 bits per heavy atom. The van der Waals surface area contributed by atoms with E-state index in [1.54, 1.807) is 36.7 Å². The molecule has 16 heavy (non-hydrogen) atoms. The van der Waals surface area contributed by atoms with E-state index in [2.05, 4.69) is 5.10 Å². The molecule has 2 aromatic rings. The number of benzene rings is 1. The summed E-state index contributed by atoms with van der Waals surface area (Å²) in [7, 11) is 1.40. The molecule has 0 N–H and O–H groups in total.